The Labute approximate surface area is 145 Å². The van der Waals surface area contributed by atoms with Crippen molar-refractivity contribution in [1.29, 1.82) is 0 Å². The number of carboxylic acids is 1. The van der Waals surface area contributed by atoms with Gasteiger partial charge in [-0.05, 0) is 19.4 Å². The summed E-state index contributed by atoms with van der Waals surface area (Å²) in [6.07, 6.45) is 2.01. The number of carboxylic acid groups (broad SMARTS) is 1. The van der Waals surface area contributed by atoms with Crippen LogP contribution in [0.5, 0.6) is 5.75 Å². The number of methoxy groups -OCH3 is 1. The molecule has 0 bridgehead atoms. The van der Waals surface area contributed by atoms with Crippen molar-refractivity contribution in [3.63, 3.8) is 0 Å². The van der Waals surface area contributed by atoms with E-state index in [0.717, 1.165) is 5.39 Å². The highest BCUT2D eigenvalue weighted by molar-refractivity contribution is 6.06. The van der Waals surface area contributed by atoms with Crippen molar-refractivity contribution >= 4 is 28.5 Å². The maximum absolute atomic E-state index is 12.4. The van der Waals surface area contributed by atoms with Gasteiger partial charge in [0.2, 0.25) is 0 Å². The molecule has 132 valence electrons. The number of para-hydroxylation sites is 1. The van der Waals surface area contributed by atoms with Gasteiger partial charge in [-0.15, -0.1) is 0 Å². The summed E-state index contributed by atoms with van der Waals surface area (Å²) in [5.41, 5.74) is 1.63. The average molecular weight is 344 g/mol. The minimum atomic E-state index is -0.823. The summed E-state index contributed by atoms with van der Waals surface area (Å²) in [5.74, 6) is -1.14. The monoisotopic (exact) mass is 344 g/mol. The molecule has 3 rings (SSSR count). The number of hydrogen-bond donors (Lipinski definition) is 1. The molecule has 0 spiro atoms. The summed E-state index contributed by atoms with van der Waals surface area (Å²) in [6.45, 7) is 2.90. The zero-order chi connectivity index (χ0) is 18.0. The fourth-order valence-corrected chi connectivity index (χ4v) is 3.21. The summed E-state index contributed by atoms with van der Waals surface area (Å²) < 4.78 is 10.5. The van der Waals surface area contributed by atoms with E-state index in [2.05, 4.69) is 4.98 Å². The molecule has 1 unspecified atom stereocenters. The number of carbonyl (C=O) groups excluding carboxylic acids is 1. The van der Waals surface area contributed by atoms with E-state index in [1.54, 1.807) is 20.1 Å². The van der Waals surface area contributed by atoms with Crippen LogP contribution in [0.15, 0.2) is 24.4 Å². The lowest BCUT2D eigenvalue weighted by molar-refractivity contribution is -0.140. The number of fused-ring (bicyclic) bond motifs is 1. The van der Waals surface area contributed by atoms with E-state index in [4.69, 9.17) is 9.47 Å². The first-order valence-electron chi connectivity index (χ1n) is 8.17. The summed E-state index contributed by atoms with van der Waals surface area (Å²) >= 11 is 0. The van der Waals surface area contributed by atoms with Crippen molar-refractivity contribution < 1.29 is 24.2 Å². The van der Waals surface area contributed by atoms with E-state index in [1.807, 2.05) is 17.0 Å². The highest BCUT2D eigenvalue weighted by atomic mass is 16.5. The fraction of sp³-hybridized carbons (Fsp3) is 0.389. The second-order valence-electron chi connectivity index (χ2n) is 5.87. The topological polar surface area (TPSA) is 89.0 Å². The number of rotatable bonds is 5. The molecule has 0 saturated carbocycles. The van der Waals surface area contributed by atoms with Crippen LogP contribution in [0.25, 0.3) is 10.9 Å². The zero-order valence-corrected chi connectivity index (χ0v) is 14.2. The van der Waals surface area contributed by atoms with E-state index < -0.39 is 17.9 Å². The summed E-state index contributed by atoms with van der Waals surface area (Å²) in [4.78, 5) is 30.0. The average Bonchev–Trinajstić information content (AvgIpc) is 3.10. The molecular weight excluding hydrogens is 324 g/mol. The molecule has 0 amide bonds. The number of aliphatic carboxylic acids is 1. The first-order valence-corrected chi connectivity index (χ1v) is 8.17. The van der Waals surface area contributed by atoms with Crippen LogP contribution >= 0.6 is 0 Å². The Hall–Kier alpha value is -2.83. The number of hydrogen-bond acceptors (Lipinski definition) is 6. The Morgan fingerprint density at radius 1 is 1.40 bits per heavy atom. The molecule has 1 fully saturated rings. The molecule has 1 atom stereocenters. The highest BCUT2D eigenvalue weighted by Gasteiger charge is 2.32. The molecule has 7 heteroatoms. The molecule has 2 aromatic rings. The molecule has 1 N–H and O–H groups in total. The van der Waals surface area contributed by atoms with Crippen molar-refractivity contribution in [3.8, 4) is 5.75 Å². The van der Waals surface area contributed by atoms with Gasteiger partial charge in [-0.2, -0.15) is 0 Å². The number of aromatic nitrogens is 1. The Bertz CT molecular complexity index is 820. The van der Waals surface area contributed by atoms with Crippen LogP contribution in [-0.4, -0.2) is 48.8 Å². The molecule has 1 saturated heterocycles. The lowest BCUT2D eigenvalue weighted by Gasteiger charge is -2.23. The number of ether oxygens (including phenoxy) is 2. The van der Waals surface area contributed by atoms with E-state index >= 15 is 0 Å². The molecule has 2 heterocycles. The van der Waals surface area contributed by atoms with Gasteiger partial charge >= 0.3 is 11.9 Å². The van der Waals surface area contributed by atoms with Crippen LogP contribution in [0, 0.1) is 5.92 Å². The molecule has 0 aliphatic carbocycles. The van der Waals surface area contributed by atoms with Gasteiger partial charge in [-0.3, -0.25) is 9.78 Å². The lowest BCUT2D eigenvalue weighted by Crippen LogP contribution is -2.25. The number of carbonyl (C=O) groups is 2. The Morgan fingerprint density at radius 2 is 2.20 bits per heavy atom. The molecule has 1 aromatic carbocycles. The highest BCUT2D eigenvalue weighted by Crippen LogP contribution is 2.36. The van der Waals surface area contributed by atoms with E-state index in [9.17, 15) is 14.7 Å². The van der Waals surface area contributed by atoms with Gasteiger partial charge in [0.05, 0.1) is 25.3 Å². The largest absolute Gasteiger partial charge is 0.494 e. The van der Waals surface area contributed by atoms with Gasteiger partial charge in [-0.1, -0.05) is 12.1 Å². The van der Waals surface area contributed by atoms with Crippen molar-refractivity contribution in [2.24, 2.45) is 5.92 Å². The maximum atomic E-state index is 12.4. The molecule has 1 aliphatic heterocycles. The number of pyridine rings is 1. The Kier molecular flexibility index (Phi) is 4.74. The van der Waals surface area contributed by atoms with E-state index in [1.165, 1.54) is 6.20 Å². The van der Waals surface area contributed by atoms with Crippen LogP contribution in [0.3, 0.4) is 0 Å². The van der Waals surface area contributed by atoms with Gasteiger partial charge in [0, 0.05) is 24.7 Å². The Balaban J connectivity index is 2.16. The smallest absolute Gasteiger partial charge is 0.341 e. The Morgan fingerprint density at radius 3 is 2.84 bits per heavy atom. The van der Waals surface area contributed by atoms with Crippen molar-refractivity contribution in [2.75, 3.05) is 31.7 Å². The van der Waals surface area contributed by atoms with Gasteiger partial charge < -0.3 is 19.5 Å². The van der Waals surface area contributed by atoms with E-state index in [-0.39, 0.29) is 6.61 Å². The third-order valence-electron chi connectivity index (χ3n) is 4.40. The summed E-state index contributed by atoms with van der Waals surface area (Å²) in [5, 5.41) is 10.0. The van der Waals surface area contributed by atoms with Crippen LogP contribution in [0.4, 0.5) is 5.69 Å². The van der Waals surface area contributed by atoms with Crippen molar-refractivity contribution in [1.82, 2.24) is 4.98 Å². The third kappa shape index (κ3) is 3.09. The number of esters is 1. The second kappa shape index (κ2) is 6.96. The van der Waals surface area contributed by atoms with Crippen molar-refractivity contribution in [2.45, 2.75) is 13.3 Å². The van der Waals surface area contributed by atoms with Gasteiger partial charge in [0.1, 0.15) is 16.8 Å². The first-order chi connectivity index (χ1) is 12.1. The molecule has 25 heavy (non-hydrogen) atoms. The standard InChI is InChI=1S/C18H20N2O5/c1-3-25-18(23)13-9-19-15-12(5-4-6-14(15)24-2)16(13)20-8-7-11(10-20)17(21)22/h4-6,9,11H,3,7-8,10H2,1-2H3,(H,21,22). The van der Waals surface area contributed by atoms with Crippen LogP contribution < -0.4 is 9.64 Å². The number of benzene rings is 1. The molecule has 7 nitrogen and oxygen atoms in total. The minimum Gasteiger partial charge on any atom is -0.494 e. The van der Waals surface area contributed by atoms with Gasteiger partial charge in [0.15, 0.2) is 0 Å². The summed E-state index contributed by atoms with van der Waals surface area (Å²) in [6, 6.07) is 5.48. The minimum absolute atomic E-state index is 0.256. The van der Waals surface area contributed by atoms with Crippen molar-refractivity contribution in [3.05, 3.63) is 30.0 Å². The first kappa shape index (κ1) is 17.0. The molecule has 0 radical (unpaired) electrons. The maximum Gasteiger partial charge on any atom is 0.341 e. The predicted molar refractivity (Wildman–Crippen MR) is 92.2 cm³/mol. The lowest BCUT2D eigenvalue weighted by atomic mass is 10.1. The summed E-state index contributed by atoms with van der Waals surface area (Å²) in [7, 11) is 1.56. The quantitative estimate of drug-likeness (QED) is 0.833. The van der Waals surface area contributed by atoms with Gasteiger partial charge in [0.25, 0.3) is 0 Å². The fourth-order valence-electron chi connectivity index (χ4n) is 3.21. The van der Waals surface area contributed by atoms with E-state index in [0.29, 0.717) is 42.0 Å². The van der Waals surface area contributed by atoms with Crippen LogP contribution in [0.1, 0.15) is 23.7 Å². The number of nitrogens with zero attached hydrogens (tertiary/aromatic N) is 2. The molecule has 1 aliphatic rings. The number of anilines is 1. The van der Waals surface area contributed by atoms with Gasteiger partial charge in [-0.25, -0.2) is 4.79 Å². The molecule has 1 aromatic heterocycles. The van der Waals surface area contributed by atoms with Crippen LogP contribution in [0.2, 0.25) is 0 Å². The normalized spacial score (nSPS) is 16.9. The molecular formula is C18H20N2O5. The second-order valence-corrected chi connectivity index (χ2v) is 5.87. The zero-order valence-electron chi connectivity index (χ0n) is 14.2. The van der Waals surface area contributed by atoms with Crippen LogP contribution in [-0.2, 0) is 9.53 Å². The predicted octanol–water partition coefficient (Wildman–Crippen LogP) is 2.33. The third-order valence-corrected chi connectivity index (χ3v) is 4.40. The SMILES string of the molecule is CCOC(=O)c1cnc2c(OC)cccc2c1N1CCC(C(=O)O)C1.